The lowest BCUT2D eigenvalue weighted by molar-refractivity contribution is -0.0361. The van der Waals surface area contributed by atoms with Crippen LogP contribution in [-0.4, -0.2) is 35.8 Å². The van der Waals surface area contributed by atoms with E-state index in [1.807, 2.05) is 0 Å². The highest BCUT2D eigenvalue weighted by atomic mass is 32.2. The first-order valence-electron chi connectivity index (χ1n) is 8.25. The van der Waals surface area contributed by atoms with Gasteiger partial charge in [-0.25, -0.2) is 0 Å². The van der Waals surface area contributed by atoms with Crippen LogP contribution in [0.5, 0.6) is 0 Å². The van der Waals surface area contributed by atoms with E-state index in [1.165, 1.54) is 64.2 Å². The zero-order valence-corrected chi connectivity index (χ0v) is 13.1. The molecule has 1 N–H and O–H groups in total. The molecule has 2 nitrogen and oxygen atoms in total. The Morgan fingerprint density at radius 2 is 1.84 bits per heavy atom. The summed E-state index contributed by atoms with van der Waals surface area (Å²) in [7, 11) is 0. The third kappa shape index (κ3) is 3.30. The van der Waals surface area contributed by atoms with Gasteiger partial charge in [0.2, 0.25) is 0 Å². The Morgan fingerprint density at radius 1 is 1.05 bits per heavy atom. The number of thioether (sulfide) groups is 1. The second-order valence-electron chi connectivity index (χ2n) is 6.74. The van der Waals surface area contributed by atoms with Crippen LogP contribution in [-0.2, 0) is 4.74 Å². The Hall–Kier alpha value is 0.270. The summed E-state index contributed by atoms with van der Waals surface area (Å²) in [5, 5.41) is 4.65. The zero-order valence-electron chi connectivity index (χ0n) is 12.3. The van der Waals surface area contributed by atoms with Crippen molar-refractivity contribution in [1.82, 2.24) is 5.32 Å². The van der Waals surface area contributed by atoms with Crippen molar-refractivity contribution in [3.05, 3.63) is 0 Å². The van der Waals surface area contributed by atoms with Crippen LogP contribution in [0.3, 0.4) is 0 Å². The van der Waals surface area contributed by atoms with Crippen molar-refractivity contribution in [3.63, 3.8) is 0 Å². The van der Waals surface area contributed by atoms with Crippen molar-refractivity contribution in [2.24, 2.45) is 0 Å². The first-order chi connectivity index (χ1) is 9.31. The van der Waals surface area contributed by atoms with Gasteiger partial charge in [-0.2, -0.15) is 11.8 Å². The minimum atomic E-state index is 0.303. The molecule has 3 heteroatoms. The van der Waals surface area contributed by atoms with Gasteiger partial charge in [-0.1, -0.05) is 25.7 Å². The topological polar surface area (TPSA) is 21.3 Å². The lowest BCUT2D eigenvalue weighted by atomic mass is 9.94. The molecule has 3 atom stereocenters. The molecular formula is C16H29NOS. The number of ether oxygens (including phenoxy) is 1. The second-order valence-corrected chi connectivity index (χ2v) is 7.82. The summed E-state index contributed by atoms with van der Waals surface area (Å²) in [5.41, 5.74) is 0.303. The molecule has 0 amide bonds. The minimum Gasteiger partial charge on any atom is -0.370 e. The van der Waals surface area contributed by atoms with Gasteiger partial charge in [0.15, 0.2) is 0 Å². The van der Waals surface area contributed by atoms with Crippen LogP contribution < -0.4 is 5.32 Å². The molecule has 1 spiro atoms. The molecule has 2 aliphatic carbocycles. The molecule has 1 heterocycles. The Balaban J connectivity index is 1.44. The zero-order chi connectivity index (χ0) is 13.1. The molecule has 0 aromatic carbocycles. The Kier molecular flexibility index (Phi) is 4.76. The van der Waals surface area contributed by atoms with Crippen molar-refractivity contribution in [2.75, 3.05) is 12.8 Å². The van der Waals surface area contributed by atoms with Gasteiger partial charge in [0.25, 0.3) is 0 Å². The van der Waals surface area contributed by atoms with Gasteiger partial charge >= 0.3 is 0 Å². The van der Waals surface area contributed by atoms with Crippen molar-refractivity contribution >= 4 is 11.8 Å². The van der Waals surface area contributed by atoms with Crippen LogP contribution in [0.2, 0.25) is 0 Å². The maximum atomic E-state index is 6.40. The summed E-state index contributed by atoms with van der Waals surface area (Å²) >= 11 is 2.05. The molecule has 3 unspecified atom stereocenters. The molecule has 3 fully saturated rings. The molecule has 0 bridgehead atoms. The van der Waals surface area contributed by atoms with Crippen molar-refractivity contribution in [2.45, 2.75) is 87.2 Å². The summed E-state index contributed by atoms with van der Waals surface area (Å²) in [4.78, 5) is 0. The van der Waals surface area contributed by atoms with Crippen LogP contribution in [0.1, 0.15) is 64.2 Å². The largest absolute Gasteiger partial charge is 0.370 e. The lowest BCUT2D eigenvalue weighted by Crippen LogP contribution is -2.44. The third-order valence-corrected chi connectivity index (χ3v) is 6.64. The van der Waals surface area contributed by atoms with Gasteiger partial charge in [0, 0.05) is 17.8 Å². The molecule has 0 radical (unpaired) electrons. The van der Waals surface area contributed by atoms with Gasteiger partial charge in [-0.15, -0.1) is 0 Å². The van der Waals surface area contributed by atoms with Gasteiger partial charge in [0.1, 0.15) is 0 Å². The fraction of sp³-hybridized carbons (Fsp3) is 1.00. The number of nitrogens with one attached hydrogen (secondary N) is 1. The molecule has 19 heavy (non-hydrogen) atoms. The number of hydrogen-bond acceptors (Lipinski definition) is 3. The second kappa shape index (κ2) is 6.36. The molecule has 3 aliphatic rings. The van der Waals surface area contributed by atoms with Crippen LogP contribution in [0, 0.1) is 0 Å². The molecule has 0 aromatic rings. The highest BCUT2D eigenvalue weighted by Gasteiger charge is 2.42. The van der Waals surface area contributed by atoms with Gasteiger partial charge < -0.3 is 10.1 Å². The number of hydrogen-bond donors (Lipinski definition) is 1. The average molecular weight is 283 g/mol. The predicted octanol–water partition coefficient (Wildman–Crippen LogP) is 3.74. The SMILES string of the molecule is CSC1CCCCC1NCC1CCC2(CCCC2)O1. The van der Waals surface area contributed by atoms with E-state index in [2.05, 4.69) is 23.3 Å². The average Bonchev–Trinajstić information content (AvgIpc) is 3.07. The van der Waals surface area contributed by atoms with Gasteiger partial charge in [-0.05, 0) is 44.8 Å². The fourth-order valence-electron chi connectivity index (χ4n) is 4.32. The Morgan fingerprint density at radius 3 is 2.63 bits per heavy atom. The smallest absolute Gasteiger partial charge is 0.0708 e. The third-order valence-electron chi connectivity index (χ3n) is 5.47. The molecule has 3 rings (SSSR count). The van der Waals surface area contributed by atoms with E-state index in [0.29, 0.717) is 11.7 Å². The van der Waals surface area contributed by atoms with Gasteiger partial charge in [-0.3, -0.25) is 0 Å². The normalized spacial score (nSPS) is 38.1. The maximum Gasteiger partial charge on any atom is 0.0708 e. The quantitative estimate of drug-likeness (QED) is 0.849. The summed E-state index contributed by atoms with van der Waals surface area (Å²) in [5.74, 6) is 0. The van der Waals surface area contributed by atoms with E-state index in [-0.39, 0.29) is 0 Å². The van der Waals surface area contributed by atoms with E-state index in [0.717, 1.165) is 17.8 Å². The first-order valence-corrected chi connectivity index (χ1v) is 9.54. The summed E-state index contributed by atoms with van der Waals surface area (Å²) in [6, 6.07) is 0.729. The summed E-state index contributed by atoms with van der Waals surface area (Å²) < 4.78 is 6.40. The van der Waals surface area contributed by atoms with Crippen molar-refractivity contribution in [1.29, 1.82) is 0 Å². The summed E-state index contributed by atoms with van der Waals surface area (Å²) in [6.45, 7) is 1.09. The Bertz CT molecular complexity index is 290. The summed E-state index contributed by atoms with van der Waals surface area (Å²) in [6.07, 6.45) is 16.4. The first kappa shape index (κ1) is 14.2. The fourth-order valence-corrected chi connectivity index (χ4v) is 5.28. The van der Waals surface area contributed by atoms with Crippen LogP contribution in [0.25, 0.3) is 0 Å². The van der Waals surface area contributed by atoms with Crippen molar-refractivity contribution in [3.8, 4) is 0 Å². The molecule has 0 aromatic heterocycles. The molecule has 110 valence electrons. The van der Waals surface area contributed by atoms with Gasteiger partial charge in [0.05, 0.1) is 11.7 Å². The van der Waals surface area contributed by atoms with Crippen LogP contribution >= 0.6 is 11.8 Å². The Labute approximate surface area is 122 Å². The van der Waals surface area contributed by atoms with E-state index >= 15 is 0 Å². The molecular weight excluding hydrogens is 254 g/mol. The van der Waals surface area contributed by atoms with E-state index in [4.69, 9.17) is 4.74 Å². The van der Waals surface area contributed by atoms with Crippen LogP contribution in [0.4, 0.5) is 0 Å². The van der Waals surface area contributed by atoms with E-state index in [9.17, 15) is 0 Å². The monoisotopic (exact) mass is 283 g/mol. The maximum absolute atomic E-state index is 6.40. The molecule has 2 saturated carbocycles. The number of rotatable bonds is 4. The van der Waals surface area contributed by atoms with Crippen LogP contribution in [0.15, 0.2) is 0 Å². The highest BCUT2D eigenvalue weighted by Crippen LogP contribution is 2.43. The van der Waals surface area contributed by atoms with E-state index < -0.39 is 0 Å². The minimum absolute atomic E-state index is 0.303. The highest BCUT2D eigenvalue weighted by molar-refractivity contribution is 7.99. The van der Waals surface area contributed by atoms with E-state index in [1.54, 1.807) is 0 Å². The molecule has 1 saturated heterocycles. The predicted molar refractivity (Wildman–Crippen MR) is 82.9 cm³/mol. The lowest BCUT2D eigenvalue weighted by Gasteiger charge is -2.32. The molecule has 1 aliphatic heterocycles. The standard InChI is InChI=1S/C16H29NOS/c1-19-15-7-3-2-6-14(15)17-12-13-8-11-16(18-13)9-4-5-10-16/h13-15,17H,2-12H2,1H3. The van der Waals surface area contributed by atoms with Crippen molar-refractivity contribution < 1.29 is 4.74 Å².